The van der Waals surface area contributed by atoms with Gasteiger partial charge >= 0.3 is 0 Å². The summed E-state index contributed by atoms with van der Waals surface area (Å²) in [5.74, 6) is 0.608. The highest BCUT2D eigenvalue weighted by Crippen LogP contribution is 2.28. The molecule has 0 bridgehead atoms. The summed E-state index contributed by atoms with van der Waals surface area (Å²) in [5, 5.41) is 15.2. The lowest BCUT2D eigenvalue weighted by atomic mass is 10.0. The van der Waals surface area contributed by atoms with Crippen molar-refractivity contribution >= 4 is 56.8 Å². The molecule has 1 aromatic heterocycles. The van der Waals surface area contributed by atoms with Crippen LogP contribution in [0.4, 0.5) is 5.69 Å². The number of aromatic nitrogens is 3. The third-order valence-electron chi connectivity index (χ3n) is 4.96. The number of halogens is 2. The molecule has 0 aliphatic carbocycles. The zero-order valence-electron chi connectivity index (χ0n) is 18.7. The van der Waals surface area contributed by atoms with Crippen molar-refractivity contribution in [2.45, 2.75) is 37.9 Å². The molecule has 7 nitrogen and oxygen atoms in total. The van der Waals surface area contributed by atoms with Crippen LogP contribution in [0.2, 0.25) is 5.02 Å². The van der Waals surface area contributed by atoms with Gasteiger partial charge in [-0.05, 0) is 48.7 Å². The molecule has 2 aromatic carbocycles. The minimum absolute atomic E-state index is 0.131. The first-order chi connectivity index (χ1) is 15.7. The maximum Gasteiger partial charge on any atom is 0.253 e. The van der Waals surface area contributed by atoms with Gasteiger partial charge in [0, 0.05) is 17.2 Å². The third kappa shape index (κ3) is 6.37. The summed E-state index contributed by atoms with van der Waals surface area (Å²) in [6.07, 6.45) is 0. The molecule has 3 aromatic rings. The van der Waals surface area contributed by atoms with E-state index in [4.69, 9.17) is 11.6 Å². The normalized spacial score (nSPS) is 12.0. The van der Waals surface area contributed by atoms with Gasteiger partial charge in [0.05, 0.1) is 22.4 Å². The van der Waals surface area contributed by atoms with Gasteiger partial charge in [-0.1, -0.05) is 65.3 Å². The van der Waals surface area contributed by atoms with Crippen LogP contribution in [0.5, 0.6) is 0 Å². The molecule has 0 aliphatic heterocycles. The molecule has 0 fully saturated rings. The van der Waals surface area contributed by atoms with Gasteiger partial charge in [-0.25, -0.2) is 0 Å². The summed E-state index contributed by atoms with van der Waals surface area (Å²) in [4.78, 5) is 25.1. The number of nitrogens with zero attached hydrogens (tertiary/aromatic N) is 3. The van der Waals surface area contributed by atoms with E-state index >= 15 is 0 Å². The first-order valence-electron chi connectivity index (χ1n) is 10.3. The smallest absolute Gasteiger partial charge is 0.253 e. The van der Waals surface area contributed by atoms with Crippen molar-refractivity contribution in [3.8, 4) is 0 Å². The SMILES string of the molecule is CC(C)c1cc(Br)ccc1NC(=O)CSc1nnc([C@@H](C)NC(=O)c2ccccc2Cl)n1C. The van der Waals surface area contributed by atoms with Crippen LogP contribution in [-0.4, -0.2) is 32.3 Å². The lowest BCUT2D eigenvalue weighted by Gasteiger charge is -2.15. The standard InChI is InChI=1S/C23H25BrClN5O2S/c1-13(2)17-11-15(24)9-10-19(17)27-20(31)12-33-23-29-28-21(30(23)4)14(3)26-22(32)16-7-5-6-8-18(16)25/h5-11,13-14H,12H2,1-4H3,(H,26,32)(H,27,31)/t14-/m1/s1. The molecule has 0 spiro atoms. The number of benzene rings is 2. The highest BCUT2D eigenvalue weighted by molar-refractivity contribution is 9.10. The summed E-state index contributed by atoms with van der Waals surface area (Å²) < 4.78 is 2.75. The fraction of sp³-hybridized carbons (Fsp3) is 0.304. The summed E-state index contributed by atoms with van der Waals surface area (Å²) in [6, 6.07) is 12.3. The Morgan fingerprint density at radius 1 is 1.15 bits per heavy atom. The van der Waals surface area contributed by atoms with Gasteiger partial charge in [-0.15, -0.1) is 10.2 Å². The molecule has 0 saturated carbocycles. The van der Waals surface area contributed by atoms with Crippen LogP contribution in [0, 0.1) is 0 Å². The molecule has 1 atom stereocenters. The predicted octanol–water partition coefficient (Wildman–Crippen LogP) is 5.58. The molecule has 2 N–H and O–H groups in total. The Hall–Kier alpha value is -2.36. The molecule has 2 amide bonds. The van der Waals surface area contributed by atoms with Crippen LogP contribution in [0.25, 0.3) is 0 Å². The Bertz CT molecular complexity index is 1170. The van der Waals surface area contributed by atoms with E-state index in [2.05, 4.69) is 50.6 Å². The highest BCUT2D eigenvalue weighted by Gasteiger charge is 2.20. The Balaban J connectivity index is 1.61. The molecule has 33 heavy (non-hydrogen) atoms. The number of anilines is 1. The third-order valence-corrected chi connectivity index (χ3v) is 6.81. The van der Waals surface area contributed by atoms with Gasteiger partial charge in [0.1, 0.15) is 0 Å². The summed E-state index contributed by atoms with van der Waals surface area (Å²) in [7, 11) is 1.80. The number of hydrogen-bond donors (Lipinski definition) is 2. The lowest BCUT2D eigenvalue weighted by molar-refractivity contribution is -0.113. The van der Waals surface area contributed by atoms with E-state index in [9.17, 15) is 9.59 Å². The first-order valence-corrected chi connectivity index (χ1v) is 12.5. The van der Waals surface area contributed by atoms with Gasteiger partial charge in [-0.3, -0.25) is 9.59 Å². The molecule has 0 aliphatic rings. The monoisotopic (exact) mass is 549 g/mol. The largest absolute Gasteiger partial charge is 0.342 e. The zero-order valence-corrected chi connectivity index (χ0v) is 21.9. The first kappa shape index (κ1) is 25.3. The van der Waals surface area contributed by atoms with E-state index in [1.807, 2.05) is 25.1 Å². The minimum Gasteiger partial charge on any atom is -0.342 e. The van der Waals surface area contributed by atoms with E-state index < -0.39 is 6.04 Å². The molecule has 10 heteroatoms. The fourth-order valence-corrected chi connectivity index (χ4v) is 4.57. The van der Waals surface area contributed by atoms with Crippen LogP contribution >= 0.6 is 39.3 Å². The van der Waals surface area contributed by atoms with Crippen molar-refractivity contribution in [3.05, 3.63) is 68.9 Å². The van der Waals surface area contributed by atoms with Crippen molar-refractivity contribution in [1.29, 1.82) is 0 Å². The number of thioether (sulfide) groups is 1. The highest BCUT2D eigenvalue weighted by atomic mass is 79.9. The molecule has 3 rings (SSSR count). The number of hydrogen-bond acceptors (Lipinski definition) is 5. The topological polar surface area (TPSA) is 88.9 Å². The Morgan fingerprint density at radius 3 is 2.58 bits per heavy atom. The van der Waals surface area contributed by atoms with Crippen molar-refractivity contribution in [2.75, 3.05) is 11.1 Å². The van der Waals surface area contributed by atoms with Crippen LogP contribution in [-0.2, 0) is 11.8 Å². The Morgan fingerprint density at radius 2 is 1.88 bits per heavy atom. The molecular formula is C23H25BrClN5O2S. The molecule has 0 radical (unpaired) electrons. The van der Waals surface area contributed by atoms with Crippen molar-refractivity contribution < 1.29 is 9.59 Å². The van der Waals surface area contributed by atoms with E-state index in [-0.39, 0.29) is 23.5 Å². The van der Waals surface area contributed by atoms with Gasteiger partial charge in [-0.2, -0.15) is 0 Å². The summed E-state index contributed by atoms with van der Waals surface area (Å²) in [5.41, 5.74) is 2.26. The maximum atomic E-state index is 12.6. The second-order valence-corrected chi connectivity index (χ2v) is 10.1. The minimum atomic E-state index is -0.397. The van der Waals surface area contributed by atoms with E-state index in [1.165, 1.54) is 11.8 Å². The fourth-order valence-electron chi connectivity index (χ4n) is 3.25. The zero-order chi connectivity index (χ0) is 24.1. The van der Waals surface area contributed by atoms with E-state index in [0.29, 0.717) is 21.6 Å². The number of nitrogens with one attached hydrogen (secondary N) is 2. The van der Waals surface area contributed by atoms with Crippen molar-refractivity contribution in [1.82, 2.24) is 20.1 Å². The molecule has 174 valence electrons. The van der Waals surface area contributed by atoms with E-state index in [1.54, 1.807) is 35.9 Å². The van der Waals surface area contributed by atoms with Gasteiger partial charge in [0.2, 0.25) is 5.91 Å². The maximum absolute atomic E-state index is 12.6. The molecule has 1 heterocycles. The second-order valence-electron chi connectivity index (χ2n) is 7.80. The van der Waals surface area contributed by atoms with Crippen molar-refractivity contribution in [3.63, 3.8) is 0 Å². The average molecular weight is 551 g/mol. The summed E-state index contributed by atoms with van der Waals surface area (Å²) >= 11 is 10.9. The molecule has 0 saturated heterocycles. The van der Waals surface area contributed by atoms with Gasteiger partial charge < -0.3 is 15.2 Å². The molecule has 0 unspecified atom stereocenters. The second kappa shape index (κ2) is 11.2. The number of rotatable bonds is 8. The molecular weight excluding hydrogens is 526 g/mol. The number of amides is 2. The van der Waals surface area contributed by atoms with Crippen LogP contribution < -0.4 is 10.6 Å². The van der Waals surface area contributed by atoms with Crippen LogP contribution in [0.15, 0.2) is 52.1 Å². The lowest BCUT2D eigenvalue weighted by Crippen LogP contribution is -2.28. The number of carbonyl (C=O) groups is 2. The van der Waals surface area contributed by atoms with E-state index in [0.717, 1.165) is 15.7 Å². The Labute approximate surface area is 210 Å². The van der Waals surface area contributed by atoms with Crippen LogP contribution in [0.3, 0.4) is 0 Å². The van der Waals surface area contributed by atoms with Gasteiger partial charge in [0.15, 0.2) is 11.0 Å². The Kier molecular flexibility index (Phi) is 8.56. The van der Waals surface area contributed by atoms with Crippen molar-refractivity contribution in [2.24, 2.45) is 7.05 Å². The average Bonchev–Trinajstić information content (AvgIpc) is 3.14. The predicted molar refractivity (Wildman–Crippen MR) is 136 cm³/mol. The van der Waals surface area contributed by atoms with Gasteiger partial charge in [0.25, 0.3) is 5.91 Å². The van der Waals surface area contributed by atoms with Crippen LogP contribution in [0.1, 0.15) is 54.5 Å². The quantitative estimate of drug-likeness (QED) is 0.358. The summed E-state index contributed by atoms with van der Waals surface area (Å²) in [6.45, 7) is 5.98. The number of carbonyl (C=O) groups excluding carboxylic acids is 2.